The van der Waals surface area contributed by atoms with Crippen LogP contribution in [0, 0.1) is 6.57 Å². The highest BCUT2D eigenvalue weighted by Crippen LogP contribution is 2.37. The number of nitrogens with zero attached hydrogens (tertiary/aromatic N) is 3. The van der Waals surface area contributed by atoms with E-state index in [4.69, 9.17) is 24.6 Å². The summed E-state index contributed by atoms with van der Waals surface area (Å²) in [4.78, 5) is 19.2. The first-order chi connectivity index (χ1) is 19.8. The molecule has 2 fully saturated rings. The maximum atomic E-state index is 12.5. The van der Waals surface area contributed by atoms with Crippen LogP contribution < -0.4 is 0 Å². The lowest BCUT2D eigenvalue weighted by Crippen LogP contribution is -2.47. The topological polar surface area (TPSA) is 57.4 Å². The van der Waals surface area contributed by atoms with Crippen molar-refractivity contribution in [3.8, 4) is 0 Å². The molecule has 0 amide bonds. The third kappa shape index (κ3) is 7.64. The van der Waals surface area contributed by atoms with Crippen LogP contribution >= 0.6 is 0 Å². The van der Waals surface area contributed by atoms with E-state index in [1.807, 2.05) is 60.7 Å². The van der Waals surface area contributed by atoms with E-state index < -0.39 is 24.9 Å². The third-order valence-electron chi connectivity index (χ3n) is 6.73. The van der Waals surface area contributed by atoms with Gasteiger partial charge < -0.3 is 24.5 Å². The fourth-order valence-corrected chi connectivity index (χ4v) is 4.62. The average Bonchev–Trinajstić information content (AvgIpc) is 2.98. The SMILES string of the molecule is CCO.[2H]C([2H])([2H])N1CCC(C(=O)OCC)(c2ccccc2)CC1.[2H]C([2H])([2H])N1CCC([N+]#[C-])(c2ccccc2)CC1. The summed E-state index contributed by atoms with van der Waals surface area (Å²) >= 11 is 0. The molecule has 196 valence electrons. The lowest BCUT2D eigenvalue weighted by Gasteiger charge is -2.38. The molecule has 2 saturated heterocycles. The first-order valence-corrected chi connectivity index (χ1v) is 12.6. The van der Waals surface area contributed by atoms with Crippen molar-refractivity contribution < 1.29 is 22.9 Å². The standard InChI is InChI=1S/C15H21NO2.C13H16N2.C2H6O/c1-3-18-14(17)15(9-11-16(2)12-10-15)13-7-5-4-6-8-13;1-14-13(8-10-15(2)11-9-13)12-6-4-3-5-7-12;1-2-3/h4-8H,3,9-12H2,1-2H3;3-7H,8-11H2,2H3;3H,2H2,1H3/i2*2D3;. The molecule has 2 aliphatic rings. The second-order valence-electron chi connectivity index (χ2n) is 8.97. The lowest BCUT2D eigenvalue weighted by molar-refractivity contribution is -0.152. The Morgan fingerprint density at radius 1 is 0.917 bits per heavy atom. The Hall–Kier alpha value is -2.72. The second kappa shape index (κ2) is 14.7. The summed E-state index contributed by atoms with van der Waals surface area (Å²) in [6.07, 6.45) is 2.10. The number of aliphatic hydroxyl groups excluding tert-OH is 1. The van der Waals surface area contributed by atoms with Crippen molar-refractivity contribution in [2.24, 2.45) is 0 Å². The Morgan fingerprint density at radius 3 is 1.78 bits per heavy atom. The molecule has 2 aromatic rings. The first kappa shape index (κ1) is 21.4. The summed E-state index contributed by atoms with van der Waals surface area (Å²) in [5, 5.41) is 7.57. The molecular weight excluding hydrogens is 450 g/mol. The summed E-state index contributed by atoms with van der Waals surface area (Å²) in [6.45, 7) is 9.01. The number of piperidine rings is 2. The van der Waals surface area contributed by atoms with Gasteiger partial charge in [0.2, 0.25) is 0 Å². The Kier molecular flexibility index (Phi) is 8.75. The zero-order valence-corrected chi connectivity index (χ0v) is 21.4. The van der Waals surface area contributed by atoms with Crippen molar-refractivity contribution in [2.75, 3.05) is 53.3 Å². The number of hydrogen-bond donors (Lipinski definition) is 1. The van der Waals surface area contributed by atoms with E-state index in [9.17, 15) is 4.79 Å². The van der Waals surface area contributed by atoms with Gasteiger partial charge in [-0.2, -0.15) is 0 Å². The number of carbonyl (C=O) groups excluding carboxylic acids is 1. The smallest absolute Gasteiger partial charge is 0.316 e. The summed E-state index contributed by atoms with van der Waals surface area (Å²) in [5.74, 6) is -0.249. The number of aliphatic hydroxyl groups is 1. The average molecular weight is 500 g/mol. The van der Waals surface area contributed by atoms with Gasteiger partial charge in [0.1, 0.15) is 0 Å². The maximum absolute atomic E-state index is 12.5. The molecule has 0 saturated carbocycles. The molecule has 0 aliphatic carbocycles. The summed E-state index contributed by atoms with van der Waals surface area (Å²) in [5.41, 5.74) is 0.654. The minimum atomic E-state index is -2.10. The van der Waals surface area contributed by atoms with Crippen LogP contribution in [-0.4, -0.2) is 74.2 Å². The summed E-state index contributed by atoms with van der Waals surface area (Å²) in [7, 11) is 0. The van der Waals surface area contributed by atoms with Crippen molar-refractivity contribution >= 4 is 5.97 Å². The Balaban J connectivity index is 0.000000271. The number of benzene rings is 2. The minimum Gasteiger partial charge on any atom is -0.465 e. The number of rotatable bonds is 4. The molecule has 0 radical (unpaired) electrons. The molecule has 6 nitrogen and oxygen atoms in total. The van der Waals surface area contributed by atoms with Gasteiger partial charge in [-0.1, -0.05) is 60.7 Å². The molecular formula is C30H43N3O3. The zero-order valence-electron chi connectivity index (χ0n) is 27.4. The van der Waals surface area contributed by atoms with Crippen LogP contribution in [0.3, 0.4) is 0 Å². The van der Waals surface area contributed by atoms with E-state index in [0.29, 0.717) is 58.5 Å². The van der Waals surface area contributed by atoms with Crippen LogP contribution in [0.5, 0.6) is 0 Å². The van der Waals surface area contributed by atoms with Gasteiger partial charge in [-0.15, -0.1) is 0 Å². The fraction of sp³-hybridized carbons (Fsp3) is 0.533. The highest BCUT2D eigenvalue weighted by atomic mass is 16.5. The predicted octanol–water partition coefficient (Wildman–Crippen LogP) is 4.74. The van der Waals surface area contributed by atoms with E-state index >= 15 is 0 Å². The molecule has 4 rings (SSSR count). The molecule has 2 aromatic carbocycles. The maximum Gasteiger partial charge on any atom is 0.316 e. The van der Waals surface area contributed by atoms with Crippen LogP contribution in [0.1, 0.15) is 58.9 Å². The molecule has 0 bridgehead atoms. The second-order valence-corrected chi connectivity index (χ2v) is 8.97. The van der Waals surface area contributed by atoms with Gasteiger partial charge in [-0.3, -0.25) is 4.79 Å². The highest BCUT2D eigenvalue weighted by Gasteiger charge is 2.43. The van der Waals surface area contributed by atoms with E-state index in [-0.39, 0.29) is 12.6 Å². The van der Waals surface area contributed by atoms with Crippen LogP contribution in [0.2, 0.25) is 0 Å². The number of hydrogen-bond acceptors (Lipinski definition) is 5. The molecule has 0 spiro atoms. The molecule has 36 heavy (non-hydrogen) atoms. The zero-order chi connectivity index (χ0) is 31.4. The number of carbonyl (C=O) groups is 1. The van der Waals surface area contributed by atoms with Crippen LogP contribution in [0.4, 0.5) is 0 Å². The Bertz CT molecular complexity index is 1120. The van der Waals surface area contributed by atoms with Crippen LogP contribution in [0.15, 0.2) is 60.7 Å². The van der Waals surface area contributed by atoms with Gasteiger partial charge >= 0.3 is 5.97 Å². The summed E-state index contributed by atoms with van der Waals surface area (Å²) in [6, 6.07) is 19.2. The molecule has 2 aliphatic heterocycles. The largest absolute Gasteiger partial charge is 0.465 e. The number of ether oxygens (including phenoxy) is 1. The molecule has 0 atom stereocenters. The molecule has 0 aromatic heterocycles. The van der Waals surface area contributed by atoms with Crippen LogP contribution in [0.25, 0.3) is 4.85 Å². The Morgan fingerprint density at radius 2 is 1.36 bits per heavy atom. The molecule has 2 heterocycles. The van der Waals surface area contributed by atoms with E-state index in [0.717, 1.165) is 11.1 Å². The van der Waals surface area contributed by atoms with Crippen molar-refractivity contribution in [3.63, 3.8) is 0 Å². The van der Waals surface area contributed by atoms with Gasteiger partial charge in [0.25, 0.3) is 5.54 Å². The van der Waals surface area contributed by atoms with Crippen molar-refractivity contribution in [1.82, 2.24) is 9.80 Å². The Labute approximate surface area is 226 Å². The summed E-state index contributed by atoms with van der Waals surface area (Å²) < 4.78 is 49.9. The molecule has 1 N–H and O–H groups in total. The van der Waals surface area contributed by atoms with Crippen molar-refractivity contribution in [2.45, 2.75) is 50.5 Å². The number of esters is 1. The van der Waals surface area contributed by atoms with Gasteiger partial charge in [-0.05, 0) is 59.3 Å². The van der Waals surface area contributed by atoms with Gasteiger partial charge in [-0.25, -0.2) is 6.57 Å². The minimum absolute atomic E-state index is 0.249. The monoisotopic (exact) mass is 499 g/mol. The first-order valence-electron chi connectivity index (χ1n) is 15.6. The predicted molar refractivity (Wildman–Crippen MR) is 146 cm³/mol. The van der Waals surface area contributed by atoms with E-state index in [1.54, 1.807) is 13.8 Å². The van der Waals surface area contributed by atoms with Crippen molar-refractivity contribution in [3.05, 3.63) is 83.2 Å². The quantitative estimate of drug-likeness (QED) is 0.487. The number of likely N-dealkylation sites (tertiary alicyclic amines) is 2. The van der Waals surface area contributed by atoms with Gasteiger partial charge in [0.15, 0.2) is 0 Å². The van der Waals surface area contributed by atoms with Crippen LogP contribution in [-0.2, 0) is 20.5 Å². The lowest BCUT2D eigenvalue weighted by atomic mass is 9.73. The van der Waals surface area contributed by atoms with E-state index in [2.05, 4.69) is 4.85 Å². The molecule has 6 heteroatoms. The molecule has 0 unspecified atom stereocenters. The van der Waals surface area contributed by atoms with Gasteiger partial charge in [0.05, 0.1) is 12.0 Å². The normalized spacial score (nSPS) is 22.1. The van der Waals surface area contributed by atoms with E-state index in [1.165, 1.54) is 9.80 Å². The highest BCUT2D eigenvalue weighted by molar-refractivity contribution is 5.83. The third-order valence-corrected chi connectivity index (χ3v) is 6.73. The van der Waals surface area contributed by atoms with Crippen molar-refractivity contribution in [1.29, 1.82) is 0 Å². The van der Waals surface area contributed by atoms with Gasteiger partial charge in [0, 0.05) is 46.3 Å². The fourth-order valence-electron chi connectivity index (χ4n) is 4.62.